The van der Waals surface area contributed by atoms with E-state index in [1.165, 1.54) is 6.08 Å². The maximum absolute atomic E-state index is 13.1. The fourth-order valence-corrected chi connectivity index (χ4v) is 2.12. The van der Waals surface area contributed by atoms with Gasteiger partial charge in [0.25, 0.3) is 0 Å². The molecule has 0 saturated heterocycles. The van der Waals surface area contributed by atoms with Gasteiger partial charge < -0.3 is 15.2 Å². The van der Waals surface area contributed by atoms with E-state index < -0.39 is 42.8 Å². The van der Waals surface area contributed by atoms with Crippen LogP contribution in [0.25, 0.3) is 0 Å². The van der Waals surface area contributed by atoms with Crippen LogP contribution >= 0.6 is 0 Å². The van der Waals surface area contributed by atoms with Crippen molar-refractivity contribution in [3.8, 4) is 0 Å². The third-order valence-electron chi connectivity index (χ3n) is 3.13. The van der Waals surface area contributed by atoms with E-state index in [2.05, 4.69) is 11.9 Å². The Kier molecular flexibility index (Phi) is 4.85. The summed E-state index contributed by atoms with van der Waals surface area (Å²) in [6.07, 6.45) is -0.911. The Morgan fingerprint density at radius 2 is 1.89 bits per heavy atom. The molecule has 5 nitrogen and oxygen atoms in total. The average molecular weight is 277 g/mol. The highest BCUT2D eigenvalue weighted by Crippen LogP contribution is 2.40. The van der Waals surface area contributed by atoms with E-state index in [-0.39, 0.29) is 19.4 Å². The second-order valence-corrected chi connectivity index (χ2v) is 4.72. The zero-order chi connectivity index (χ0) is 14.5. The molecule has 0 unspecified atom stereocenters. The van der Waals surface area contributed by atoms with Crippen molar-refractivity contribution in [3.05, 3.63) is 12.7 Å². The molecule has 1 aliphatic rings. The second kappa shape index (κ2) is 5.99. The maximum Gasteiger partial charge on any atom is 0.407 e. The van der Waals surface area contributed by atoms with Gasteiger partial charge in [-0.2, -0.15) is 0 Å². The van der Waals surface area contributed by atoms with E-state index in [9.17, 15) is 18.4 Å². The Morgan fingerprint density at radius 1 is 1.32 bits per heavy atom. The number of ether oxygens (including phenoxy) is 1. The third-order valence-corrected chi connectivity index (χ3v) is 3.13. The summed E-state index contributed by atoms with van der Waals surface area (Å²) in [7, 11) is 0. The molecule has 2 N–H and O–H groups in total. The van der Waals surface area contributed by atoms with Crippen LogP contribution in [0.5, 0.6) is 0 Å². The van der Waals surface area contributed by atoms with E-state index in [4.69, 9.17) is 9.84 Å². The smallest absolute Gasteiger partial charge is 0.407 e. The summed E-state index contributed by atoms with van der Waals surface area (Å²) < 4.78 is 30.9. The fraction of sp³-hybridized carbons (Fsp3) is 0.667. The monoisotopic (exact) mass is 277 g/mol. The summed E-state index contributed by atoms with van der Waals surface area (Å²) in [5.74, 6) is -3.94. The summed E-state index contributed by atoms with van der Waals surface area (Å²) in [5.41, 5.74) is -1.16. The van der Waals surface area contributed by atoms with Crippen LogP contribution < -0.4 is 5.32 Å². The summed E-state index contributed by atoms with van der Waals surface area (Å²) in [6, 6.07) is 0. The van der Waals surface area contributed by atoms with Gasteiger partial charge in [-0.1, -0.05) is 12.7 Å². The van der Waals surface area contributed by atoms with Crippen molar-refractivity contribution < 1.29 is 28.2 Å². The van der Waals surface area contributed by atoms with Crippen LogP contribution in [0, 0.1) is 0 Å². The van der Waals surface area contributed by atoms with Crippen molar-refractivity contribution in [1.82, 2.24) is 5.32 Å². The first-order chi connectivity index (χ1) is 8.79. The normalized spacial score (nSPS) is 20.3. The Balaban J connectivity index is 2.69. The topological polar surface area (TPSA) is 75.6 Å². The highest BCUT2D eigenvalue weighted by atomic mass is 19.3. The zero-order valence-electron chi connectivity index (χ0n) is 10.5. The number of amides is 1. The Labute approximate surface area is 109 Å². The molecular weight excluding hydrogens is 260 g/mol. The van der Waals surface area contributed by atoms with Gasteiger partial charge in [0.2, 0.25) is 5.92 Å². The first kappa shape index (κ1) is 15.4. The summed E-state index contributed by atoms with van der Waals surface area (Å²) in [5, 5.41) is 11.3. The lowest BCUT2D eigenvalue weighted by atomic mass is 9.78. The van der Waals surface area contributed by atoms with Gasteiger partial charge in [-0.3, -0.25) is 4.79 Å². The standard InChI is InChI=1S/C12H17F2NO4/c1-2-7-19-10(18)15-11(8-9(16)17)3-5-12(13,14)6-4-11/h2H,1,3-8H2,(H,15,18)(H,16,17). The number of alkyl carbamates (subject to hydrolysis) is 1. The van der Waals surface area contributed by atoms with Gasteiger partial charge in [-0.05, 0) is 12.8 Å². The van der Waals surface area contributed by atoms with Gasteiger partial charge in [0.15, 0.2) is 0 Å². The predicted octanol–water partition coefficient (Wildman–Crippen LogP) is 2.32. The van der Waals surface area contributed by atoms with Crippen molar-refractivity contribution >= 4 is 12.1 Å². The van der Waals surface area contributed by atoms with Crippen LogP contribution in [-0.4, -0.2) is 35.2 Å². The molecule has 0 aromatic heterocycles. The number of carboxylic acid groups (broad SMARTS) is 1. The fourth-order valence-electron chi connectivity index (χ4n) is 2.12. The molecule has 0 aliphatic heterocycles. The third kappa shape index (κ3) is 4.84. The first-order valence-corrected chi connectivity index (χ1v) is 5.94. The van der Waals surface area contributed by atoms with Crippen molar-refractivity contribution in [2.24, 2.45) is 0 Å². The molecule has 0 aromatic rings. The zero-order valence-corrected chi connectivity index (χ0v) is 10.5. The van der Waals surface area contributed by atoms with Crippen LogP contribution in [0.4, 0.5) is 13.6 Å². The molecule has 0 atom stereocenters. The molecule has 0 aromatic carbocycles. The van der Waals surface area contributed by atoms with Gasteiger partial charge in [-0.25, -0.2) is 13.6 Å². The molecule has 1 fully saturated rings. The van der Waals surface area contributed by atoms with E-state index in [1.807, 2.05) is 0 Å². The van der Waals surface area contributed by atoms with Crippen LogP contribution in [0.2, 0.25) is 0 Å². The Morgan fingerprint density at radius 3 is 2.37 bits per heavy atom. The quantitative estimate of drug-likeness (QED) is 0.756. The molecule has 1 aliphatic carbocycles. The number of carbonyl (C=O) groups excluding carboxylic acids is 1. The minimum absolute atomic E-state index is 0.0227. The maximum atomic E-state index is 13.1. The number of hydrogen-bond donors (Lipinski definition) is 2. The van der Waals surface area contributed by atoms with Crippen molar-refractivity contribution in [1.29, 1.82) is 0 Å². The van der Waals surface area contributed by atoms with Crippen molar-refractivity contribution in [3.63, 3.8) is 0 Å². The number of alkyl halides is 2. The molecule has 0 heterocycles. The predicted molar refractivity (Wildman–Crippen MR) is 63.1 cm³/mol. The van der Waals surface area contributed by atoms with Gasteiger partial charge >= 0.3 is 12.1 Å². The lowest BCUT2D eigenvalue weighted by molar-refractivity contribution is -0.140. The lowest BCUT2D eigenvalue weighted by Gasteiger charge is -2.39. The second-order valence-electron chi connectivity index (χ2n) is 4.72. The van der Waals surface area contributed by atoms with Crippen LogP contribution in [0.1, 0.15) is 32.1 Å². The van der Waals surface area contributed by atoms with E-state index in [0.29, 0.717) is 0 Å². The molecule has 19 heavy (non-hydrogen) atoms. The number of rotatable bonds is 5. The SMILES string of the molecule is C=CCOC(=O)NC1(CC(=O)O)CCC(F)(F)CC1. The largest absolute Gasteiger partial charge is 0.481 e. The molecule has 0 radical (unpaired) electrons. The number of aliphatic carboxylic acids is 1. The minimum atomic E-state index is -2.80. The summed E-state index contributed by atoms with van der Waals surface area (Å²) >= 11 is 0. The van der Waals surface area contributed by atoms with Gasteiger partial charge in [-0.15, -0.1) is 0 Å². The lowest BCUT2D eigenvalue weighted by Crippen LogP contribution is -2.53. The number of halogens is 2. The Hall–Kier alpha value is -1.66. The van der Waals surface area contributed by atoms with Crippen LogP contribution in [-0.2, 0) is 9.53 Å². The highest BCUT2D eigenvalue weighted by molar-refractivity contribution is 5.72. The summed E-state index contributed by atoms with van der Waals surface area (Å²) in [6.45, 7) is 3.34. The van der Waals surface area contributed by atoms with E-state index >= 15 is 0 Å². The molecular formula is C12H17F2NO4. The average Bonchev–Trinajstić information content (AvgIpc) is 2.30. The minimum Gasteiger partial charge on any atom is -0.481 e. The Bertz CT molecular complexity index is 361. The molecule has 7 heteroatoms. The molecule has 0 bridgehead atoms. The molecule has 108 valence electrons. The summed E-state index contributed by atoms with van der Waals surface area (Å²) in [4.78, 5) is 22.3. The van der Waals surface area contributed by atoms with Crippen molar-refractivity contribution in [2.75, 3.05) is 6.61 Å². The van der Waals surface area contributed by atoms with E-state index in [1.54, 1.807) is 0 Å². The van der Waals surface area contributed by atoms with Crippen LogP contribution in [0.15, 0.2) is 12.7 Å². The number of hydrogen-bond acceptors (Lipinski definition) is 3. The van der Waals surface area contributed by atoms with Gasteiger partial charge in [0, 0.05) is 12.8 Å². The highest BCUT2D eigenvalue weighted by Gasteiger charge is 2.45. The van der Waals surface area contributed by atoms with Crippen molar-refractivity contribution in [2.45, 2.75) is 43.6 Å². The molecule has 1 amide bonds. The molecule has 0 spiro atoms. The number of carbonyl (C=O) groups is 2. The van der Waals surface area contributed by atoms with Gasteiger partial charge in [0.1, 0.15) is 6.61 Å². The number of carboxylic acids is 1. The van der Waals surface area contributed by atoms with E-state index in [0.717, 1.165) is 0 Å². The van der Waals surface area contributed by atoms with Crippen LogP contribution in [0.3, 0.4) is 0 Å². The molecule has 1 saturated carbocycles. The van der Waals surface area contributed by atoms with Gasteiger partial charge in [0.05, 0.1) is 12.0 Å². The number of nitrogens with one attached hydrogen (secondary N) is 1. The first-order valence-electron chi connectivity index (χ1n) is 5.94. The molecule has 1 rings (SSSR count).